The summed E-state index contributed by atoms with van der Waals surface area (Å²) in [5.41, 5.74) is 14.8. The summed E-state index contributed by atoms with van der Waals surface area (Å²) in [5.74, 6) is 0.713. The van der Waals surface area contributed by atoms with Gasteiger partial charge in [0.15, 0.2) is 5.82 Å². The van der Waals surface area contributed by atoms with E-state index in [2.05, 4.69) is 190 Å². The van der Waals surface area contributed by atoms with Gasteiger partial charge in [0.25, 0.3) is 0 Å². The molecule has 264 valence electrons. The summed E-state index contributed by atoms with van der Waals surface area (Å²) in [6.45, 7) is 4.66. The minimum absolute atomic E-state index is 0.114. The zero-order valence-electron chi connectivity index (χ0n) is 31.1. The van der Waals surface area contributed by atoms with Crippen LogP contribution in [0, 0.1) is 0 Å². The first-order valence-electron chi connectivity index (χ1n) is 19.2. The van der Waals surface area contributed by atoms with Crippen LogP contribution in [0.2, 0.25) is 0 Å². The molecule has 0 bridgehead atoms. The Balaban J connectivity index is 1.15. The molecular weight excluding hydrogens is 697 g/mol. The third kappa shape index (κ3) is 5.23. The Bertz CT molecular complexity index is 3160. The molecule has 0 unspecified atom stereocenters. The van der Waals surface area contributed by atoms with Crippen molar-refractivity contribution in [3.8, 4) is 67.3 Å². The highest BCUT2D eigenvalue weighted by atomic mass is 32.1. The van der Waals surface area contributed by atoms with Crippen molar-refractivity contribution in [3.63, 3.8) is 0 Å². The predicted octanol–water partition coefficient (Wildman–Crippen LogP) is 14.6. The first kappa shape index (κ1) is 32.7. The van der Waals surface area contributed by atoms with Gasteiger partial charge >= 0.3 is 0 Å². The normalized spacial score (nSPS) is 13.0. The molecular formula is C53H36N2S. The van der Waals surface area contributed by atoms with Crippen LogP contribution in [0.1, 0.15) is 25.0 Å². The molecule has 1 aliphatic rings. The minimum atomic E-state index is -0.114. The van der Waals surface area contributed by atoms with E-state index in [0.29, 0.717) is 5.82 Å². The summed E-state index contributed by atoms with van der Waals surface area (Å²) in [6.07, 6.45) is 0. The summed E-state index contributed by atoms with van der Waals surface area (Å²) >= 11 is 1.87. The van der Waals surface area contributed by atoms with Gasteiger partial charge in [0.1, 0.15) is 0 Å². The number of rotatable bonds is 5. The fourth-order valence-corrected chi connectivity index (χ4v) is 10.0. The van der Waals surface area contributed by atoms with Crippen LogP contribution in [0.4, 0.5) is 0 Å². The maximum atomic E-state index is 5.33. The van der Waals surface area contributed by atoms with Crippen molar-refractivity contribution in [3.05, 3.63) is 193 Å². The predicted molar refractivity (Wildman–Crippen MR) is 237 cm³/mol. The molecule has 2 nitrogen and oxygen atoms in total. The van der Waals surface area contributed by atoms with Crippen LogP contribution in [0.25, 0.3) is 98.2 Å². The Morgan fingerprint density at radius 1 is 0.375 bits per heavy atom. The standard InChI is InChI=1S/C53H36N2S/c1-53(2)45-23-13-11-20-40(45)41-26-25-35(30-46(41)53)47-32-48(55-52(54-47)34-17-7-4-8-18-34)38-28-36(33-15-5-3-6-16-33)27-37(29-38)44-31-50-51(42-21-10-9-19-39(42)44)43-22-12-14-24-49(43)56-50/h3-32H,1-2H3. The quantitative estimate of drug-likeness (QED) is 0.176. The van der Waals surface area contributed by atoms with E-state index >= 15 is 0 Å². The highest BCUT2D eigenvalue weighted by Crippen LogP contribution is 2.50. The molecule has 3 heteroatoms. The van der Waals surface area contributed by atoms with E-state index in [0.717, 1.165) is 39.2 Å². The largest absolute Gasteiger partial charge is 0.228 e. The fourth-order valence-electron chi connectivity index (χ4n) is 8.88. The van der Waals surface area contributed by atoms with Crippen molar-refractivity contribution in [1.29, 1.82) is 0 Å². The minimum Gasteiger partial charge on any atom is -0.228 e. The van der Waals surface area contributed by atoms with E-state index in [9.17, 15) is 0 Å². The van der Waals surface area contributed by atoms with Crippen LogP contribution in [0.3, 0.4) is 0 Å². The van der Waals surface area contributed by atoms with Crippen LogP contribution in [-0.4, -0.2) is 9.97 Å². The molecule has 10 aromatic rings. The Morgan fingerprint density at radius 3 is 1.79 bits per heavy atom. The first-order chi connectivity index (χ1) is 27.5. The molecule has 2 heterocycles. The van der Waals surface area contributed by atoms with E-state index in [1.807, 2.05) is 17.4 Å². The molecule has 2 aromatic heterocycles. The molecule has 0 radical (unpaired) electrons. The molecule has 56 heavy (non-hydrogen) atoms. The van der Waals surface area contributed by atoms with Crippen LogP contribution in [0.15, 0.2) is 182 Å². The van der Waals surface area contributed by atoms with E-state index in [-0.39, 0.29) is 5.41 Å². The van der Waals surface area contributed by atoms with Gasteiger partial charge in [-0.05, 0) is 97.7 Å². The van der Waals surface area contributed by atoms with E-state index in [1.54, 1.807) is 0 Å². The second-order valence-corrected chi connectivity index (χ2v) is 16.4. The maximum Gasteiger partial charge on any atom is 0.160 e. The summed E-state index contributed by atoms with van der Waals surface area (Å²) in [4.78, 5) is 10.6. The smallest absolute Gasteiger partial charge is 0.160 e. The van der Waals surface area contributed by atoms with Gasteiger partial charge in [-0.3, -0.25) is 0 Å². The number of benzene rings is 8. The Hall–Kier alpha value is -6.68. The summed E-state index contributed by atoms with van der Waals surface area (Å²) < 4.78 is 2.60. The monoisotopic (exact) mass is 732 g/mol. The van der Waals surface area contributed by atoms with Gasteiger partial charge in [-0.15, -0.1) is 11.3 Å². The lowest BCUT2D eigenvalue weighted by Gasteiger charge is -2.22. The second kappa shape index (κ2) is 12.7. The van der Waals surface area contributed by atoms with Gasteiger partial charge in [0.05, 0.1) is 11.4 Å². The fraction of sp³-hybridized carbons (Fsp3) is 0.0566. The number of aromatic nitrogens is 2. The molecule has 0 fully saturated rings. The second-order valence-electron chi connectivity index (χ2n) is 15.4. The topological polar surface area (TPSA) is 25.8 Å². The van der Waals surface area contributed by atoms with Gasteiger partial charge in [-0.25, -0.2) is 9.97 Å². The third-order valence-electron chi connectivity index (χ3n) is 11.7. The molecule has 8 aromatic carbocycles. The lowest BCUT2D eigenvalue weighted by molar-refractivity contribution is 0.660. The number of hydrogen-bond acceptors (Lipinski definition) is 3. The molecule has 0 saturated heterocycles. The highest BCUT2D eigenvalue weighted by Gasteiger charge is 2.35. The zero-order chi connectivity index (χ0) is 37.4. The molecule has 0 aliphatic heterocycles. The summed E-state index contributed by atoms with van der Waals surface area (Å²) in [6, 6.07) is 66.0. The summed E-state index contributed by atoms with van der Waals surface area (Å²) in [7, 11) is 0. The number of nitrogens with zero attached hydrogens (tertiary/aromatic N) is 2. The molecule has 0 amide bonds. The first-order valence-corrected chi connectivity index (χ1v) is 20.0. The SMILES string of the molecule is CC1(C)c2ccccc2-c2ccc(-c3cc(-c4cc(-c5ccccc5)cc(-c5cc6sc7ccccc7c6c6ccccc56)c4)nc(-c4ccccc4)n3)cc21. The molecule has 0 saturated carbocycles. The number of thiophene rings is 1. The lowest BCUT2D eigenvalue weighted by Crippen LogP contribution is -2.14. The molecule has 11 rings (SSSR count). The van der Waals surface area contributed by atoms with Crippen molar-refractivity contribution in [1.82, 2.24) is 9.97 Å². The molecule has 1 aliphatic carbocycles. The average molecular weight is 733 g/mol. The van der Waals surface area contributed by atoms with Crippen molar-refractivity contribution < 1.29 is 0 Å². The number of fused-ring (bicyclic) bond motifs is 8. The van der Waals surface area contributed by atoms with E-state index in [4.69, 9.17) is 9.97 Å². The maximum absolute atomic E-state index is 5.33. The lowest BCUT2D eigenvalue weighted by atomic mass is 9.82. The van der Waals surface area contributed by atoms with Crippen molar-refractivity contribution in [2.24, 2.45) is 0 Å². The van der Waals surface area contributed by atoms with Gasteiger partial charge in [0, 0.05) is 42.3 Å². The van der Waals surface area contributed by atoms with Crippen LogP contribution in [0.5, 0.6) is 0 Å². The van der Waals surface area contributed by atoms with Crippen LogP contribution >= 0.6 is 11.3 Å². The van der Waals surface area contributed by atoms with Crippen molar-refractivity contribution >= 4 is 42.3 Å². The van der Waals surface area contributed by atoms with Crippen molar-refractivity contribution in [2.75, 3.05) is 0 Å². The molecule has 0 spiro atoms. The van der Waals surface area contributed by atoms with Crippen LogP contribution in [-0.2, 0) is 5.41 Å². The molecule has 0 N–H and O–H groups in total. The highest BCUT2D eigenvalue weighted by molar-refractivity contribution is 7.26. The van der Waals surface area contributed by atoms with Crippen LogP contribution < -0.4 is 0 Å². The van der Waals surface area contributed by atoms with Gasteiger partial charge < -0.3 is 0 Å². The zero-order valence-corrected chi connectivity index (χ0v) is 31.9. The van der Waals surface area contributed by atoms with Gasteiger partial charge in [0.2, 0.25) is 0 Å². The van der Waals surface area contributed by atoms with E-state index in [1.165, 1.54) is 64.3 Å². The van der Waals surface area contributed by atoms with Crippen molar-refractivity contribution in [2.45, 2.75) is 19.3 Å². The Labute approximate surface area is 330 Å². The third-order valence-corrected chi connectivity index (χ3v) is 12.8. The number of hydrogen-bond donors (Lipinski definition) is 0. The summed E-state index contributed by atoms with van der Waals surface area (Å²) in [5, 5.41) is 5.17. The Kier molecular flexibility index (Phi) is 7.42. The van der Waals surface area contributed by atoms with Gasteiger partial charge in [-0.2, -0.15) is 0 Å². The molecule has 0 atom stereocenters. The average Bonchev–Trinajstić information content (AvgIpc) is 3.75. The Morgan fingerprint density at radius 2 is 0.982 bits per heavy atom. The van der Waals surface area contributed by atoms with Gasteiger partial charge in [-0.1, -0.05) is 153 Å². The van der Waals surface area contributed by atoms with E-state index < -0.39 is 0 Å².